The van der Waals surface area contributed by atoms with E-state index in [2.05, 4.69) is 18.3 Å². The highest BCUT2D eigenvalue weighted by Crippen LogP contribution is 2.28. The lowest BCUT2D eigenvalue weighted by Crippen LogP contribution is -2.26. The Balaban J connectivity index is 2.09. The van der Waals surface area contributed by atoms with Crippen LogP contribution in [0.15, 0.2) is 18.2 Å². The highest BCUT2D eigenvalue weighted by atomic mass is 35.5. The number of benzene rings is 1. The lowest BCUT2D eigenvalue weighted by atomic mass is 10.1. The quantitative estimate of drug-likeness (QED) is 0.898. The zero-order chi connectivity index (χ0) is 12.4. The summed E-state index contributed by atoms with van der Waals surface area (Å²) >= 11 is 6.23. The van der Waals surface area contributed by atoms with Crippen LogP contribution in [0.3, 0.4) is 0 Å². The van der Waals surface area contributed by atoms with Crippen LogP contribution in [0.5, 0.6) is 0 Å². The summed E-state index contributed by atoms with van der Waals surface area (Å²) in [5.41, 5.74) is 2.09. The van der Waals surface area contributed by atoms with E-state index < -0.39 is 0 Å². The lowest BCUT2D eigenvalue weighted by Gasteiger charge is -2.19. The molecule has 1 N–H and O–H groups in total. The third-order valence-electron chi connectivity index (χ3n) is 3.16. The van der Waals surface area contributed by atoms with Crippen LogP contribution in [0.4, 0.5) is 11.4 Å². The number of nitrogens with one attached hydrogen (secondary N) is 1. The number of hydrogen-bond acceptors (Lipinski definition) is 3. The fourth-order valence-electron chi connectivity index (χ4n) is 2.09. The lowest BCUT2D eigenvalue weighted by molar-refractivity contribution is 0.121. The highest BCUT2D eigenvalue weighted by Gasteiger charge is 2.23. The van der Waals surface area contributed by atoms with Crippen LogP contribution < -0.4 is 10.2 Å². The van der Waals surface area contributed by atoms with E-state index in [1.807, 2.05) is 31.1 Å². The van der Waals surface area contributed by atoms with Gasteiger partial charge in [-0.1, -0.05) is 11.6 Å². The zero-order valence-corrected chi connectivity index (χ0v) is 11.3. The Morgan fingerprint density at radius 1 is 1.41 bits per heavy atom. The number of nitrogens with zero attached hydrogens (tertiary/aromatic N) is 1. The van der Waals surface area contributed by atoms with Gasteiger partial charge in [-0.05, 0) is 31.5 Å². The molecule has 1 aliphatic heterocycles. The van der Waals surface area contributed by atoms with Crippen molar-refractivity contribution in [2.24, 2.45) is 0 Å². The molecule has 4 heteroatoms. The Morgan fingerprint density at radius 2 is 2.18 bits per heavy atom. The Hall–Kier alpha value is -0.930. The van der Waals surface area contributed by atoms with Gasteiger partial charge in [0.15, 0.2) is 0 Å². The van der Waals surface area contributed by atoms with Gasteiger partial charge >= 0.3 is 0 Å². The van der Waals surface area contributed by atoms with Gasteiger partial charge in [-0.2, -0.15) is 0 Å². The van der Waals surface area contributed by atoms with E-state index in [-0.39, 0.29) is 6.10 Å². The van der Waals surface area contributed by atoms with E-state index in [1.54, 1.807) is 0 Å². The monoisotopic (exact) mass is 254 g/mol. The van der Waals surface area contributed by atoms with Gasteiger partial charge in [-0.25, -0.2) is 0 Å². The first-order valence-corrected chi connectivity index (χ1v) is 6.30. The molecule has 1 aromatic rings. The molecule has 94 valence electrons. The minimum atomic E-state index is 0.266. The molecule has 3 nitrogen and oxygen atoms in total. The molecule has 0 bridgehead atoms. The molecule has 1 saturated heterocycles. The summed E-state index contributed by atoms with van der Waals surface area (Å²) in [4.78, 5) is 2.01. The molecule has 1 aliphatic rings. The van der Waals surface area contributed by atoms with Crippen LogP contribution in [0.2, 0.25) is 5.02 Å². The summed E-state index contributed by atoms with van der Waals surface area (Å²) in [7, 11) is 3.97. The van der Waals surface area contributed by atoms with Crippen LogP contribution in [-0.2, 0) is 4.74 Å². The van der Waals surface area contributed by atoms with Crippen LogP contribution in [-0.4, -0.2) is 32.8 Å². The Kier molecular flexibility index (Phi) is 3.79. The molecule has 0 aromatic heterocycles. The minimum absolute atomic E-state index is 0.266. The van der Waals surface area contributed by atoms with Crippen molar-refractivity contribution in [3.8, 4) is 0 Å². The molecule has 2 unspecified atom stereocenters. The van der Waals surface area contributed by atoms with Crippen LogP contribution in [0.1, 0.15) is 13.3 Å². The Morgan fingerprint density at radius 3 is 2.71 bits per heavy atom. The third kappa shape index (κ3) is 2.85. The highest BCUT2D eigenvalue weighted by molar-refractivity contribution is 6.33. The van der Waals surface area contributed by atoms with Crippen LogP contribution in [0.25, 0.3) is 0 Å². The molecule has 0 saturated carbocycles. The fourth-order valence-corrected chi connectivity index (χ4v) is 2.44. The van der Waals surface area contributed by atoms with E-state index >= 15 is 0 Å². The van der Waals surface area contributed by atoms with Gasteiger partial charge in [0.25, 0.3) is 0 Å². The van der Waals surface area contributed by atoms with Gasteiger partial charge in [0, 0.05) is 26.4 Å². The molecule has 1 heterocycles. The summed E-state index contributed by atoms with van der Waals surface area (Å²) in [6.45, 7) is 2.93. The van der Waals surface area contributed by atoms with Gasteiger partial charge in [0.05, 0.1) is 22.9 Å². The maximum Gasteiger partial charge on any atom is 0.0748 e. The molecule has 17 heavy (non-hydrogen) atoms. The number of halogens is 1. The van der Waals surface area contributed by atoms with Gasteiger partial charge < -0.3 is 15.0 Å². The topological polar surface area (TPSA) is 24.5 Å². The predicted molar refractivity (Wildman–Crippen MR) is 73.2 cm³/mol. The number of anilines is 2. The number of hydrogen-bond donors (Lipinski definition) is 1. The van der Waals surface area contributed by atoms with Gasteiger partial charge in [0.1, 0.15) is 0 Å². The van der Waals surface area contributed by atoms with E-state index in [0.717, 1.165) is 29.4 Å². The maximum absolute atomic E-state index is 6.23. The molecule has 0 radical (unpaired) electrons. The SMILES string of the molecule is CC1OCCC1Nc1ccc(N(C)C)c(Cl)c1. The zero-order valence-electron chi connectivity index (χ0n) is 10.5. The van der Waals surface area contributed by atoms with E-state index in [1.165, 1.54) is 0 Å². The van der Waals surface area contributed by atoms with Crippen molar-refractivity contribution in [2.75, 3.05) is 30.9 Å². The summed E-state index contributed by atoms with van der Waals surface area (Å²) in [5.74, 6) is 0. The summed E-state index contributed by atoms with van der Waals surface area (Å²) < 4.78 is 5.53. The first-order valence-electron chi connectivity index (χ1n) is 5.93. The second-order valence-corrected chi connectivity index (χ2v) is 5.08. The maximum atomic E-state index is 6.23. The molecular weight excluding hydrogens is 236 g/mol. The Labute approximate surface area is 108 Å². The largest absolute Gasteiger partial charge is 0.380 e. The average molecular weight is 255 g/mol. The van der Waals surface area contributed by atoms with Crippen molar-refractivity contribution in [3.63, 3.8) is 0 Å². The Bertz CT molecular complexity index is 395. The minimum Gasteiger partial charge on any atom is -0.380 e. The third-order valence-corrected chi connectivity index (χ3v) is 3.46. The molecule has 0 aliphatic carbocycles. The smallest absolute Gasteiger partial charge is 0.0748 e. The number of ether oxygens (including phenoxy) is 1. The normalized spacial score (nSPS) is 23.8. The van der Waals surface area contributed by atoms with Crippen molar-refractivity contribution in [1.29, 1.82) is 0 Å². The molecule has 0 amide bonds. The van der Waals surface area contributed by atoms with Crippen molar-refractivity contribution >= 4 is 23.0 Å². The molecular formula is C13H19ClN2O. The van der Waals surface area contributed by atoms with Gasteiger partial charge in [-0.15, -0.1) is 0 Å². The standard InChI is InChI=1S/C13H19ClN2O/c1-9-12(6-7-17-9)15-10-4-5-13(16(2)3)11(14)8-10/h4-5,8-9,12,15H,6-7H2,1-3H3. The van der Waals surface area contributed by atoms with Crippen molar-refractivity contribution < 1.29 is 4.74 Å². The average Bonchev–Trinajstić information content (AvgIpc) is 2.64. The van der Waals surface area contributed by atoms with E-state index in [0.29, 0.717) is 6.04 Å². The second-order valence-electron chi connectivity index (χ2n) is 4.68. The van der Waals surface area contributed by atoms with Crippen LogP contribution >= 0.6 is 11.6 Å². The first kappa shape index (κ1) is 12.5. The number of rotatable bonds is 3. The summed E-state index contributed by atoms with van der Waals surface area (Å²) in [6.07, 6.45) is 1.32. The molecule has 2 atom stereocenters. The molecule has 1 fully saturated rings. The van der Waals surface area contributed by atoms with Gasteiger partial charge in [0.2, 0.25) is 0 Å². The second kappa shape index (κ2) is 5.15. The van der Waals surface area contributed by atoms with E-state index in [4.69, 9.17) is 16.3 Å². The van der Waals surface area contributed by atoms with E-state index in [9.17, 15) is 0 Å². The fraction of sp³-hybridized carbons (Fsp3) is 0.538. The van der Waals surface area contributed by atoms with Crippen molar-refractivity contribution in [1.82, 2.24) is 0 Å². The summed E-state index contributed by atoms with van der Waals surface area (Å²) in [6, 6.07) is 6.45. The molecule has 1 aromatic carbocycles. The van der Waals surface area contributed by atoms with Crippen LogP contribution in [0, 0.1) is 0 Å². The first-order chi connectivity index (χ1) is 8.08. The summed E-state index contributed by atoms with van der Waals surface area (Å²) in [5, 5.41) is 4.24. The molecule has 0 spiro atoms. The molecule has 2 rings (SSSR count). The van der Waals surface area contributed by atoms with Crippen molar-refractivity contribution in [2.45, 2.75) is 25.5 Å². The van der Waals surface area contributed by atoms with Gasteiger partial charge in [-0.3, -0.25) is 0 Å². The predicted octanol–water partition coefficient (Wildman–Crippen LogP) is 3.00. The van der Waals surface area contributed by atoms with Crippen molar-refractivity contribution in [3.05, 3.63) is 23.2 Å².